The third-order valence-corrected chi connectivity index (χ3v) is 2.27. The molecule has 1 aliphatic carbocycles. The van der Waals surface area contributed by atoms with Crippen LogP contribution < -0.4 is 5.73 Å². The second kappa shape index (κ2) is 2.59. The Morgan fingerprint density at radius 3 is 3.08 bits per heavy atom. The molecule has 0 aromatic rings. The van der Waals surface area contributed by atoms with E-state index in [-0.39, 0.29) is 5.92 Å². The fourth-order valence-electron chi connectivity index (χ4n) is 1.63. The lowest BCUT2D eigenvalue weighted by Crippen LogP contribution is -2.22. The van der Waals surface area contributed by atoms with Gasteiger partial charge in [-0.2, -0.15) is 10.2 Å². The van der Waals surface area contributed by atoms with Crippen molar-refractivity contribution < 1.29 is 0 Å². The summed E-state index contributed by atoms with van der Waals surface area (Å²) in [5.74, 6) is 0.674. The first-order valence-electron chi connectivity index (χ1n) is 4.04. The van der Waals surface area contributed by atoms with E-state index in [4.69, 9.17) is 5.73 Å². The van der Waals surface area contributed by atoms with E-state index in [2.05, 4.69) is 23.2 Å². The molecule has 0 saturated heterocycles. The van der Waals surface area contributed by atoms with Crippen LogP contribution in [0.3, 0.4) is 0 Å². The Labute approximate surface area is 71.4 Å². The molecule has 0 fully saturated rings. The topological polar surface area (TPSA) is 50.7 Å². The van der Waals surface area contributed by atoms with Crippen molar-refractivity contribution in [3.8, 4) is 0 Å². The first kappa shape index (κ1) is 7.28. The average Bonchev–Trinajstić information content (AvgIpc) is 2.04. The highest BCUT2D eigenvalue weighted by molar-refractivity contribution is 5.30. The summed E-state index contributed by atoms with van der Waals surface area (Å²) in [6, 6.07) is 0. The SMILES string of the molecule is C[C@@H]1C=CC=C2N=NC=C(N)C21. The Hall–Kier alpha value is -1.38. The van der Waals surface area contributed by atoms with Gasteiger partial charge in [-0.1, -0.05) is 19.1 Å². The second-order valence-electron chi connectivity index (χ2n) is 3.16. The van der Waals surface area contributed by atoms with Crippen molar-refractivity contribution >= 4 is 0 Å². The highest BCUT2D eigenvalue weighted by atomic mass is 15.1. The quantitative estimate of drug-likeness (QED) is 0.580. The van der Waals surface area contributed by atoms with Gasteiger partial charge < -0.3 is 5.73 Å². The number of fused-ring (bicyclic) bond motifs is 1. The van der Waals surface area contributed by atoms with Crippen molar-refractivity contribution in [3.63, 3.8) is 0 Å². The van der Waals surface area contributed by atoms with Gasteiger partial charge in [-0.25, -0.2) is 0 Å². The maximum absolute atomic E-state index is 5.81. The van der Waals surface area contributed by atoms with Crippen LogP contribution in [0.5, 0.6) is 0 Å². The van der Waals surface area contributed by atoms with Gasteiger partial charge in [-0.3, -0.25) is 0 Å². The van der Waals surface area contributed by atoms with Crippen LogP contribution in [0.1, 0.15) is 6.92 Å². The first-order valence-corrected chi connectivity index (χ1v) is 4.04. The minimum Gasteiger partial charge on any atom is -0.400 e. The number of allylic oxidation sites excluding steroid dienone is 3. The molecule has 62 valence electrons. The molecular formula is C9H11N3. The number of nitrogens with zero attached hydrogens (tertiary/aromatic N) is 2. The molecule has 0 radical (unpaired) electrons. The average molecular weight is 161 g/mol. The number of azo groups is 1. The summed E-state index contributed by atoms with van der Waals surface area (Å²) in [7, 11) is 0. The van der Waals surface area contributed by atoms with Gasteiger partial charge in [0.05, 0.1) is 17.8 Å². The van der Waals surface area contributed by atoms with Gasteiger partial charge in [-0.15, -0.1) is 0 Å². The molecule has 2 N–H and O–H groups in total. The van der Waals surface area contributed by atoms with Crippen LogP contribution in [0.15, 0.2) is 46.1 Å². The molecule has 0 amide bonds. The lowest BCUT2D eigenvalue weighted by Gasteiger charge is -2.25. The molecule has 0 aromatic carbocycles. The molecule has 0 bridgehead atoms. The molecule has 1 unspecified atom stereocenters. The molecule has 2 aliphatic rings. The predicted octanol–water partition coefficient (Wildman–Crippen LogP) is 1.96. The summed E-state index contributed by atoms with van der Waals surface area (Å²) in [5.41, 5.74) is 7.60. The van der Waals surface area contributed by atoms with Crippen LogP contribution in [0.4, 0.5) is 0 Å². The van der Waals surface area contributed by atoms with Crippen molar-refractivity contribution in [2.45, 2.75) is 6.92 Å². The number of rotatable bonds is 0. The Morgan fingerprint density at radius 2 is 2.33 bits per heavy atom. The third-order valence-electron chi connectivity index (χ3n) is 2.27. The predicted molar refractivity (Wildman–Crippen MR) is 47.0 cm³/mol. The summed E-state index contributed by atoms with van der Waals surface area (Å²) >= 11 is 0. The van der Waals surface area contributed by atoms with E-state index in [0.717, 1.165) is 11.4 Å². The van der Waals surface area contributed by atoms with Crippen LogP contribution in [0, 0.1) is 11.8 Å². The van der Waals surface area contributed by atoms with Crippen LogP contribution >= 0.6 is 0 Å². The smallest absolute Gasteiger partial charge is 0.0726 e. The zero-order valence-electron chi connectivity index (χ0n) is 6.94. The van der Waals surface area contributed by atoms with E-state index >= 15 is 0 Å². The molecule has 3 nitrogen and oxygen atoms in total. The van der Waals surface area contributed by atoms with Gasteiger partial charge in [-0.05, 0) is 12.0 Å². The van der Waals surface area contributed by atoms with Gasteiger partial charge >= 0.3 is 0 Å². The van der Waals surface area contributed by atoms with Crippen LogP contribution in [-0.4, -0.2) is 0 Å². The maximum Gasteiger partial charge on any atom is 0.0726 e. The van der Waals surface area contributed by atoms with Crippen molar-refractivity contribution in [2.75, 3.05) is 0 Å². The van der Waals surface area contributed by atoms with Crippen molar-refractivity contribution in [1.82, 2.24) is 0 Å². The number of hydrogen-bond donors (Lipinski definition) is 1. The molecule has 1 aliphatic heterocycles. The minimum atomic E-state index is 0.243. The molecule has 3 heteroatoms. The lowest BCUT2D eigenvalue weighted by molar-refractivity contribution is 0.522. The molecule has 12 heavy (non-hydrogen) atoms. The van der Waals surface area contributed by atoms with Gasteiger partial charge in [0, 0.05) is 5.70 Å². The van der Waals surface area contributed by atoms with E-state index in [1.807, 2.05) is 12.2 Å². The fraction of sp³-hybridized carbons (Fsp3) is 0.333. The molecule has 2 rings (SSSR count). The summed E-state index contributed by atoms with van der Waals surface area (Å²) < 4.78 is 0. The summed E-state index contributed by atoms with van der Waals surface area (Å²) in [6.45, 7) is 2.13. The van der Waals surface area contributed by atoms with E-state index < -0.39 is 0 Å². The van der Waals surface area contributed by atoms with Crippen LogP contribution in [0.25, 0.3) is 0 Å². The lowest BCUT2D eigenvalue weighted by atomic mass is 9.85. The molecule has 0 saturated carbocycles. The third kappa shape index (κ3) is 0.978. The molecule has 2 atom stereocenters. The van der Waals surface area contributed by atoms with E-state index in [9.17, 15) is 0 Å². The van der Waals surface area contributed by atoms with Gasteiger partial charge in [0.2, 0.25) is 0 Å². The van der Waals surface area contributed by atoms with Crippen LogP contribution in [0.2, 0.25) is 0 Å². The van der Waals surface area contributed by atoms with Crippen LogP contribution in [-0.2, 0) is 0 Å². The summed E-state index contributed by atoms with van der Waals surface area (Å²) in [5, 5.41) is 7.84. The molecule has 1 heterocycles. The van der Waals surface area contributed by atoms with Gasteiger partial charge in [0.15, 0.2) is 0 Å². The Bertz CT molecular complexity index is 310. The van der Waals surface area contributed by atoms with Gasteiger partial charge in [0.25, 0.3) is 0 Å². The second-order valence-corrected chi connectivity index (χ2v) is 3.16. The standard InChI is InChI=1S/C9H11N3/c1-6-3-2-4-8-9(6)7(10)5-11-12-8/h2-6,9H,10H2,1H3/t6-,9?/m1/s1. The van der Waals surface area contributed by atoms with E-state index in [1.54, 1.807) is 6.20 Å². The molecule has 0 aromatic heterocycles. The van der Waals surface area contributed by atoms with Crippen molar-refractivity contribution in [2.24, 2.45) is 27.8 Å². The van der Waals surface area contributed by atoms with Gasteiger partial charge in [0.1, 0.15) is 0 Å². The summed E-state index contributed by atoms with van der Waals surface area (Å²) in [6.07, 6.45) is 7.75. The fourth-order valence-corrected chi connectivity index (χ4v) is 1.63. The van der Waals surface area contributed by atoms with E-state index in [1.165, 1.54) is 0 Å². The zero-order chi connectivity index (χ0) is 8.55. The van der Waals surface area contributed by atoms with E-state index in [0.29, 0.717) is 5.92 Å². The Kier molecular flexibility index (Phi) is 1.57. The van der Waals surface area contributed by atoms with Crippen molar-refractivity contribution in [1.29, 1.82) is 0 Å². The number of nitrogens with two attached hydrogens (primary N) is 1. The highest BCUT2D eigenvalue weighted by Crippen LogP contribution is 2.33. The highest BCUT2D eigenvalue weighted by Gasteiger charge is 2.26. The summed E-state index contributed by atoms with van der Waals surface area (Å²) in [4.78, 5) is 0. The molecule has 0 spiro atoms. The Morgan fingerprint density at radius 1 is 1.50 bits per heavy atom. The normalized spacial score (nSPS) is 32.4. The minimum absolute atomic E-state index is 0.243. The zero-order valence-corrected chi connectivity index (χ0v) is 6.94. The first-order chi connectivity index (χ1) is 5.79. The maximum atomic E-state index is 5.81. The monoisotopic (exact) mass is 161 g/mol. The van der Waals surface area contributed by atoms with Crippen molar-refractivity contribution in [3.05, 3.63) is 35.8 Å². The number of hydrogen-bond acceptors (Lipinski definition) is 3. The Balaban J connectivity index is 2.40. The largest absolute Gasteiger partial charge is 0.400 e. The molecular weight excluding hydrogens is 150 g/mol.